The van der Waals surface area contributed by atoms with Crippen LogP contribution in [0.15, 0.2) is 0 Å². The minimum Gasteiger partial charge on any atom is -0.481 e. The molecule has 0 heterocycles. The summed E-state index contributed by atoms with van der Waals surface area (Å²) in [5.41, 5.74) is 0. The molecule has 0 aliphatic heterocycles. The molecule has 5 nitrogen and oxygen atoms in total. The smallest absolute Gasteiger partial charge is 0.407 e. The number of amides is 1. The van der Waals surface area contributed by atoms with Gasteiger partial charge in [-0.2, -0.15) is 0 Å². The molecule has 0 aromatic heterocycles. The van der Waals surface area contributed by atoms with Crippen LogP contribution in [-0.4, -0.2) is 43.8 Å². The van der Waals surface area contributed by atoms with Crippen LogP contribution in [0.4, 0.5) is 13.6 Å². The number of rotatable bonds is 7. The number of hydrogen-bond acceptors (Lipinski definition) is 3. The van der Waals surface area contributed by atoms with E-state index in [4.69, 9.17) is 9.84 Å². The van der Waals surface area contributed by atoms with Crippen molar-refractivity contribution in [3.63, 3.8) is 0 Å². The quantitative estimate of drug-likeness (QED) is 0.706. The molecule has 1 aliphatic rings. The molecule has 1 rings (SSSR count). The number of carbonyl (C=O) groups excluding carboxylic acids is 1. The fourth-order valence-electron chi connectivity index (χ4n) is 2.20. The minimum absolute atomic E-state index is 0.130. The van der Waals surface area contributed by atoms with Gasteiger partial charge in [-0.15, -0.1) is 0 Å². The molecule has 0 aromatic rings. The Balaban J connectivity index is 2.39. The Morgan fingerprint density at radius 2 is 2.00 bits per heavy atom. The zero-order chi connectivity index (χ0) is 16.3. The highest BCUT2D eigenvalue weighted by molar-refractivity contribution is 6.76. The van der Waals surface area contributed by atoms with Gasteiger partial charge >= 0.3 is 12.1 Å². The molecule has 2 atom stereocenters. The van der Waals surface area contributed by atoms with Gasteiger partial charge in [0.25, 0.3) is 5.92 Å². The first kappa shape index (κ1) is 17.9. The molecular weight excluding hydrogens is 300 g/mol. The van der Waals surface area contributed by atoms with Crippen LogP contribution < -0.4 is 5.32 Å². The number of alkyl halides is 2. The second-order valence-corrected chi connectivity index (χ2v) is 12.3. The Labute approximate surface area is 124 Å². The van der Waals surface area contributed by atoms with Crippen molar-refractivity contribution in [3.8, 4) is 0 Å². The van der Waals surface area contributed by atoms with E-state index < -0.39 is 38.0 Å². The molecular formula is C13H23F2NO4Si. The average Bonchev–Trinajstić information content (AvgIpc) is 2.30. The summed E-state index contributed by atoms with van der Waals surface area (Å²) in [6.45, 7) is 6.59. The minimum atomic E-state index is -2.99. The first-order chi connectivity index (χ1) is 9.51. The van der Waals surface area contributed by atoms with Crippen molar-refractivity contribution in [2.24, 2.45) is 5.92 Å². The maximum atomic E-state index is 13.4. The van der Waals surface area contributed by atoms with Crippen LogP contribution in [0.25, 0.3) is 0 Å². The molecule has 2 unspecified atom stereocenters. The third-order valence-corrected chi connectivity index (χ3v) is 5.25. The number of carboxylic acids is 1. The summed E-state index contributed by atoms with van der Waals surface area (Å²) in [7, 11) is -1.34. The molecule has 0 bridgehead atoms. The highest BCUT2D eigenvalue weighted by Crippen LogP contribution is 2.45. The van der Waals surface area contributed by atoms with Crippen molar-refractivity contribution in [3.05, 3.63) is 0 Å². The Morgan fingerprint density at radius 1 is 1.38 bits per heavy atom. The molecule has 1 aliphatic carbocycles. The van der Waals surface area contributed by atoms with Crippen LogP contribution in [0.2, 0.25) is 25.7 Å². The van der Waals surface area contributed by atoms with E-state index in [1.807, 2.05) is 0 Å². The molecule has 21 heavy (non-hydrogen) atoms. The SMILES string of the molecule is C[Si](C)(C)CCOC(=O)NC1C(CCC(=O)O)CC1(F)F. The van der Waals surface area contributed by atoms with Crippen LogP contribution in [0, 0.1) is 5.92 Å². The molecule has 8 heteroatoms. The third kappa shape index (κ3) is 5.99. The number of ether oxygens (including phenoxy) is 1. The number of halogens is 2. The van der Waals surface area contributed by atoms with Crippen LogP contribution in [0.1, 0.15) is 19.3 Å². The van der Waals surface area contributed by atoms with E-state index in [0.717, 1.165) is 6.04 Å². The molecule has 1 saturated carbocycles. The van der Waals surface area contributed by atoms with E-state index >= 15 is 0 Å². The van der Waals surface area contributed by atoms with Gasteiger partial charge in [-0.25, -0.2) is 13.6 Å². The lowest BCUT2D eigenvalue weighted by molar-refractivity contribution is -0.150. The van der Waals surface area contributed by atoms with Gasteiger partial charge in [-0.1, -0.05) is 19.6 Å². The van der Waals surface area contributed by atoms with E-state index in [0.29, 0.717) is 0 Å². The summed E-state index contributed by atoms with van der Waals surface area (Å²) in [5.74, 6) is -4.52. The van der Waals surface area contributed by atoms with Gasteiger partial charge in [0.2, 0.25) is 0 Å². The van der Waals surface area contributed by atoms with E-state index in [-0.39, 0.29) is 25.9 Å². The zero-order valence-electron chi connectivity index (χ0n) is 12.6. The van der Waals surface area contributed by atoms with Crippen LogP contribution in [0.5, 0.6) is 0 Å². The molecule has 1 fully saturated rings. The van der Waals surface area contributed by atoms with Gasteiger partial charge in [0.1, 0.15) is 0 Å². The Bertz CT molecular complexity index is 398. The summed E-state index contributed by atoms with van der Waals surface area (Å²) < 4.78 is 31.8. The second kappa shape index (κ2) is 6.72. The maximum Gasteiger partial charge on any atom is 0.407 e. The van der Waals surface area contributed by atoms with Crippen molar-refractivity contribution < 1.29 is 28.2 Å². The molecule has 2 N–H and O–H groups in total. The fraction of sp³-hybridized carbons (Fsp3) is 0.846. The lowest BCUT2D eigenvalue weighted by Gasteiger charge is -2.44. The van der Waals surface area contributed by atoms with Gasteiger partial charge in [0.15, 0.2) is 0 Å². The monoisotopic (exact) mass is 323 g/mol. The second-order valence-electron chi connectivity index (χ2n) is 6.73. The standard InChI is InChI=1S/C13H23F2NO4Si/c1-21(2,3)7-6-20-12(19)16-11-9(4-5-10(17)18)8-13(11,14)15/h9,11H,4-8H2,1-3H3,(H,16,19)(H,17,18). The first-order valence-corrected chi connectivity index (χ1v) is 10.7. The zero-order valence-corrected chi connectivity index (χ0v) is 13.6. The number of nitrogens with one attached hydrogen (secondary N) is 1. The van der Waals surface area contributed by atoms with E-state index in [2.05, 4.69) is 25.0 Å². The van der Waals surface area contributed by atoms with Gasteiger partial charge < -0.3 is 15.2 Å². The topological polar surface area (TPSA) is 75.6 Å². The average molecular weight is 323 g/mol. The number of carboxylic acid groups (broad SMARTS) is 1. The third-order valence-electron chi connectivity index (χ3n) is 3.55. The van der Waals surface area contributed by atoms with Crippen LogP contribution >= 0.6 is 0 Å². The molecule has 0 aromatic carbocycles. The van der Waals surface area contributed by atoms with Gasteiger partial charge in [0, 0.05) is 20.9 Å². The molecule has 122 valence electrons. The highest BCUT2D eigenvalue weighted by Gasteiger charge is 2.56. The van der Waals surface area contributed by atoms with Gasteiger partial charge in [-0.05, 0) is 18.4 Å². The molecule has 1 amide bonds. The molecule has 0 saturated heterocycles. The van der Waals surface area contributed by atoms with Crippen molar-refractivity contribution in [2.75, 3.05) is 6.61 Å². The summed E-state index contributed by atoms with van der Waals surface area (Å²) in [6, 6.07) is -0.555. The summed E-state index contributed by atoms with van der Waals surface area (Å²) in [4.78, 5) is 22.0. The normalized spacial score (nSPS) is 24.0. The first-order valence-electron chi connectivity index (χ1n) is 7.04. The van der Waals surface area contributed by atoms with Crippen molar-refractivity contribution >= 4 is 20.1 Å². The van der Waals surface area contributed by atoms with E-state index in [1.54, 1.807) is 0 Å². The lowest BCUT2D eigenvalue weighted by Crippen LogP contribution is -2.61. The summed E-state index contributed by atoms with van der Waals surface area (Å²) >= 11 is 0. The molecule has 0 radical (unpaired) electrons. The van der Waals surface area contributed by atoms with Crippen molar-refractivity contribution in [1.29, 1.82) is 0 Å². The Hall–Kier alpha value is -1.18. The molecule has 0 spiro atoms. The lowest BCUT2D eigenvalue weighted by atomic mass is 9.73. The summed E-state index contributed by atoms with van der Waals surface area (Å²) in [6.07, 6.45) is -1.29. The summed E-state index contributed by atoms with van der Waals surface area (Å²) in [5, 5.41) is 10.8. The maximum absolute atomic E-state index is 13.4. The van der Waals surface area contributed by atoms with Crippen molar-refractivity contribution in [2.45, 2.75) is 56.9 Å². The van der Waals surface area contributed by atoms with Crippen LogP contribution in [-0.2, 0) is 9.53 Å². The van der Waals surface area contributed by atoms with Crippen LogP contribution in [0.3, 0.4) is 0 Å². The predicted octanol–water partition coefficient (Wildman–Crippen LogP) is 2.94. The predicted molar refractivity (Wildman–Crippen MR) is 76.3 cm³/mol. The Kier molecular flexibility index (Phi) is 5.72. The van der Waals surface area contributed by atoms with Gasteiger partial charge in [-0.3, -0.25) is 4.79 Å². The number of carbonyl (C=O) groups is 2. The Morgan fingerprint density at radius 3 is 2.48 bits per heavy atom. The highest BCUT2D eigenvalue weighted by atomic mass is 28.3. The van der Waals surface area contributed by atoms with Crippen molar-refractivity contribution in [1.82, 2.24) is 5.32 Å². The van der Waals surface area contributed by atoms with E-state index in [9.17, 15) is 18.4 Å². The number of alkyl carbamates (subject to hydrolysis) is 1. The number of hydrogen-bond donors (Lipinski definition) is 2. The van der Waals surface area contributed by atoms with Gasteiger partial charge in [0.05, 0.1) is 12.6 Å². The fourth-order valence-corrected chi connectivity index (χ4v) is 2.91. The van der Waals surface area contributed by atoms with E-state index in [1.165, 1.54) is 0 Å². The largest absolute Gasteiger partial charge is 0.481 e. The number of aliphatic carboxylic acids is 1.